The molecule has 17 aromatic carbocycles. The molecule has 0 radical (unpaired) electrons. The number of nitrogens with zero attached hydrogens (tertiary/aromatic N) is 2. The molecule has 0 aliphatic carbocycles. The zero-order valence-corrected chi connectivity index (χ0v) is 44.1. The number of aryl methyl sites for hydroxylation is 3. The normalized spacial score (nSPS) is 12.2. The number of benzene rings is 17. The molecule has 17 rings (SSSR count). The van der Waals surface area contributed by atoms with Crippen LogP contribution in [-0.4, -0.2) is 0 Å². The molecule has 0 amide bonds. The van der Waals surface area contributed by atoms with Crippen LogP contribution < -0.4 is 9.80 Å². The average molecular weight is 1000 g/mol. The van der Waals surface area contributed by atoms with E-state index < -0.39 is 0 Å². The molecule has 0 atom stereocenters. The third-order valence-electron chi connectivity index (χ3n) is 17.7. The maximum absolute atomic E-state index is 2.69. The molecule has 0 N–H and O–H groups in total. The van der Waals surface area contributed by atoms with Gasteiger partial charge in [0.25, 0.3) is 0 Å². The molecule has 0 bridgehead atoms. The van der Waals surface area contributed by atoms with Crippen molar-refractivity contribution in [1.82, 2.24) is 0 Å². The van der Waals surface area contributed by atoms with E-state index in [0.717, 1.165) is 22.7 Å². The van der Waals surface area contributed by atoms with Crippen LogP contribution in [0.5, 0.6) is 0 Å². The topological polar surface area (TPSA) is 6.48 Å². The monoisotopic (exact) mass is 1000 g/mol. The van der Waals surface area contributed by atoms with Gasteiger partial charge in [0, 0.05) is 53.9 Å². The number of rotatable bonds is 6. The molecule has 17 aromatic rings. The number of hydrogen-bond donors (Lipinski definition) is 0. The summed E-state index contributed by atoms with van der Waals surface area (Å²) in [4.78, 5) is 5.37. The van der Waals surface area contributed by atoms with Gasteiger partial charge in [0.05, 0.1) is 34.1 Å². The van der Waals surface area contributed by atoms with Crippen LogP contribution in [0.3, 0.4) is 0 Å². The van der Waals surface area contributed by atoms with Crippen LogP contribution in [0.1, 0.15) is 16.7 Å². The highest BCUT2D eigenvalue weighted by molar-refractivity contribution is 6.33. The van der Waals surface area contributed by atoms with E-state index in [0.29, 0.717) is 0 Å². The lowest BCUT2D eigenvalue weighted by atomic mass is 9.89. The fourth-order valence-corrected chi connectivity index (χ4v) is 14.0. The number of hydrogen-bond acceptors (Lipinski definition) is 2. The molecule has 368 valence electrons. The highest BCUT2D eigenvalue weighted by atomic mass is 15.2. The first-order valence-corrected chi connectivity index (χ1v) is 27.7. The summed E-state index contributed by atoms with van der Waals surface area (Å²) < 4.78 is 0. The quantitative estimate of drug-likeness (QED) is 0.0930. The summed E-state index contributed by atoms with van der Waals surface area (Å²) in [6.07, 6.45) is 0. The molecule has 0 heterocycles. The fraction of sp³-hybridized carbons (Fsp3) is 0.0390. The van der Waals surface area contributed by atoms with Crippen molar-refractivity contribution in [2.45, 2.75) is 20.8 Å². The van der Waals surface area contributed by atoms with E-state index in [4.69, 9.17) is 0 Å². The Morgan fingerprint density at radius 2 is 0.506 bits per heavy atom. The maximum Gasteiger partial charge on any atom is 0.0620 e. The first-order chi connectivity index (χ1) is 38.9. The van der Waals surface area contributed by atoms with E-state index >= 15 is 0 Å². The third kappa shape index (κ3) is 6.29. The van der Waals surface area contributed by atoms with Gasteiger partial charge in [-0.25, -0.2) is 0 Å². The minimum atomic E-state index is 1.14. The summed E-state index contributed by atoms with van der Waals surface area (Å²) in [5.41, 5.74) is 10.6. The summed E-state index contributed by atoms with van der Waals surface area (Å²) in [5.74, 6) is 0. The Labute approximate surface area is 456 Å². The van der Waals surface area contributed by atoms with Gasteiger partial charge >= 0.3 is 0 Å². The van der Waals surface area contributed by atoms with E-state index in [9.17, 15) is 0 Å². The molecule has 79 heavy (non-hydrogen) atoms. The van der Waals surface area contributed by atoms with Crippen LogP contribution >= 0.6 is 0 Å². The van der Waals surface area contributed by atoms with E-state index in [-0.39, 0.29) is 0 Å². The van der Waals surface area contributed by atoms with Crippen LogP contribution in [-0.2, 0) is 0 Å². The first kappa shape index (κ1) is 44.1. The second-order valence-corrected chi connectivity index (χ2v) is 22.1. The SMILES string of the molecule is Cc1ccc2c(N(c3c4ccccc4cc4ccccc34)c3ccc4ccc5cccc6ccc3c4c56)c3cc(C)c(C)cc3c(N(c3c4ccccc4cc4ccccc34)c3ccc4ccc5cccc6ccc3c4c56)c2c1. The molecule has 0 aromatic heterocycles. The largest absolute Gasteiger partial charge is 0.307 e. The van der Waals surface area contributed by atoms with Crippen molar-refractivity contribution in [3.8, 4) is 0 Å². The van der Waals surface area contributed by atoms with Gasteiger partial charge in [0.1, 0.15) is 0 Å². The lowest BCUT2D eigenvalue weighted by Gasteiger charge is -2.36. The van der Waals surface area contributed by atoms with Gasteiger partial charge in [-0.15, -0.1) is 0 Å². The predicted molar refractivity (Wildman–Crippen MR) is 342 cm³/mol. The molecule has 0 unspecified atom stereocenters. The zero-order valence-electron chi connectivity index (χ0n) is 44.1. The lowest BCUT2D eigenvalue weighted by molar-refractivity contribution is 1.32. The Balaban J connectivity index is 1.10. The molecule has 0 aliphatic heterocycles. The van der Waals surface area contributed by atoms with E-state index in [1.165, 1.54) is 157 Å². The molecule has 0 fully saturated rings. The van der Waals surface area contributed by atoms with Gasteiger partial charge in [0.2, 0.25) is 0 Å². The minimum absolute atomic E-state index is 1.14. The highest BCUT2D eigenvalue weighted by Crippen LogP contribution is 2.57. The van der Waals surface area contributed by atoms with Crippen LogP contribution in [0.2, 0.25) is 0 Å². The summed E-state index contributed by atoms with van der Waals surface area (Å²) in [5, 5.41) is 29.5. The minimum Gasteiger partial charge on any atom is -0.307 e. The van der Waals surface area contributed by atoms with Crippen LogP contribution in [0.4, 0.5) is 34.1 Å². The Bertz CT molecular complexity index is 5300. The summed E-state index contributed by atoms with van der Waals surface area (Å²) >= 11 is 0. The molecule has 0 aliphatic rings. The molecule has 2 heteroatoms. The van der Waals surface area contributed by atoms with E-state index in [1.807, 2.05) is 0 Å². The van der Waals surface area contributed by atoms with Crippen molar-refractivity contribution >= 4 is 163 Å². The Hall–Kier alpha value is -10.0. The molecule has 0 saturated heterocycles. The van der Waals surface area contributed by atoms with Gasteiger partial charge in [-0.05, 0) is 150 Å². The standard InChI is InChI=1S/C77H50N2/c1-45-26-35-62-65(40-45)77(79(75-60-24-10-6-16-56(60)44-57-17-7-11-25-61(57)75)69-39-34-53-30-28-49-19-13-21-51-32-37-64(69)73(53)71(49)51)67-42-47(3)46(2)41-66(67)76(62)78(74-58-22-8-4-14-54(58)43-55-15-5-9-23-59(55)74)68-38-33-52-29-27-48-18-12-20-50-31-36-63(68)72(52)70(48)50/h4-44H,1-3H3. The Kier molecular flexibility index (Phi) is 9.22. The highest BCUT2D eigenvalue weighted by Gasteiger charge is 2.31. The van der Waals surface area contributed by atoms with Gasteiger partial charge in [-0.3, -0.25) is 0 Å². The fourth-order valence-electron chi connectivity index (χ4n) is 14.0. The Morgan fingerprint density at radius 1 is 0.203 bits per heavy atom. The van der Waals surface area contributed by atoms with Crippen LogP contribution in [0.25, 0.3) is 129 Å². The van der Waals surface area contributed by atoms with Gasteiger partial charge in [-0.2, -0.15) is 0 Å². The summed E-state index contributed by atoms with van der Waals surface area (Å²) in [7, 11) is 0. The maximum atomic E-state index is 2.69. The number of anilines is 6. The van der Waals surface area contributed by atoms with Crippen molar-refractivity contribution < 1.29 is 0 Å². The number of fused-ring (bicyclic) bond motifs is 6. The van der Waals surface area contributed by atoms with Crippen molar-refractivity contribution in [1.29, 1.82) is 0 Å². The van der Waals surface area contributed by atoms with Gasteiger partial charge in [-0.1, -0.05) is 212 Å². The van der Waals surface area contributed by atoms with Crippen LogP contribution in [0, 0.1) is 20.8 Å². The lowest BCUT2D eigenvalue weighted by Crippen LogP contribution is -2.16. The Morgan fingerprint density at radius 3 is 0.924 bits per heavy atom. The molecule has 0 spiro atoms. The first-order valence-electron chi connectivity index (χ1n) is 27.7. The zero-order chi connectivity index (χ0) is 52.2. The smallest absolute Gasteiger partial charge is 0.0620 e. The van der Waals surface area contributed by atoms with Crippen molar-refractivity contribution in [2.24, 2.45) is 0 Å². The second kappa shape index (κ2) is 16.5. The van der Waals surface area contributed by atoms with Crippen molar-refractivity contribution in [2.75, 3.05) is 9.80 Å². The molecule has 0 saturated carbocycles. The van der Waals surface area contributed by atoms with E-state index in [1.54, 1.807) is 0 Å². The van der Waals surface area contributed by atoms with E-state index in [2.05, 4.69) is 279 Å². The molecule has 2 nitrogen and oxygen atoms in total. The van der Waals surface area contributed by atoms with Gasteiger partial charge < -0.3 is 9.80 Å². The van der Waals surface area contributed by atoms with Crippen LogP contribution in [0.15, 0.2) is 249 Å². The molecular formula is C77H50N2. The van der Waals surface area contributed by atoms with Crippen molar-refractivity contribution in [3.63, 3.8) is 0 Å². The van der Waals surface area contributed by atoms with Crippen molar-refractivity contribution in [3.05, 3.63) is 265 Å². The van der Waals surface area contributed by atoms with Gasteiger partial charge in [0.15, 0.2) is 0 Å². The second-order valence-electron chi connectivity index (χ2n) is 22.1. The average Bonchev–Trinajstić information content (AvgIpc) is 3.63. The predicted octanol–water partition coefficient (Wildman–Crippen LogP) is 22.3. The summed E-state index contributed by atoms with van der Waals surface area (Å²) in [6.45, 7) is 6.85. The third-order valence-corrected chi connectivity index (χ3v) is 17.7. The molecular weight excluding hydrogens is 953 g/mol. The summed E-state index contributed by atoms with van der Waals surface area (Å²) in [6, 6.07) is 94.7.